The first-order valence-corrected chi connectivity index (χ1v) is 9.90. The van der Waals surface area contributed by atoms with Gasteiger partial charge in [-0.15, -0.1) is 0 Å². The second-order valence-corrected chi connectivity index (χ2v) is 9.09. The molecule has 132 valence electrons. The minimum atomic E-state index is -5.40. The van der Waals surface area contributed by atoms with E-state index in [0.29, 0.717) is 12.3 Å². The molecular formula is C12H21NNaO8P2+. The van der Waals surface area contributed by atoms with Crippen LogP contribution in [0.25, 0.3) is 0 Å². The Hall–Kier alpha value is 0.240. The third kappa shape index (κ3) is 6.86. The molecule has 0 aromatic heterocycles. The van der Waals surface area contributed by atoms with Crippen LogP contribution in [0.4, 0.5) is 0 Å². The zero-order valence-corrected chi connectivity index (χ0v) is 17.3. The zero-order valence-electron chi connectivity index (χ0n) is 13.5. The molecular weight excluding hydrogens is 371 g/mol. The first-order chi connectivity index (χ1) is 10.5. The van der Waals surface area contributed by atoms with Gasteiger partial charge >= 0.3 is 44.7 Å². The smallest absolute Gasteiger partial charge is 0.492 e. The number of nitrogens with zero attached hydrogens (tertiary/aromatic N) is 1. The zero-order chi connectivity index (χ0) is 17.7. The van der Waals surface area contributed by atoms with E-state index in [4.69, 9.17) is 24.3 Å². The summed E-state index contributed by atoms with van der Waals surface area (Å²) in [5, 5.41) is 6.37. The predicted octanol–water partition coefficient (Wildman–Crippen LogP) is -2.61. The molecule has 0 radical (unpaired) electrons. The van der Waals surface area contributed by atoms with Crippen molar-refractivity contribution >= 4 is 15.2 Å². The van der Waals surface area contributed by atoms with E-state index >= 15 is 0 Å². The molecule has 1 aromatic rings. The van der Waals surface area contributed by atoms with Crippen molar-refractivity contribution in [2.75, 3.05) is 26.7 Å². The molecule has 9 nitrogen and oxygen atoms in total. The Morgan fingerprint density at radius 1 is 1.04 bits per heavy atom. The molecule has 0 aliphatic rings. The number of para-hydroxylation sites is 1. The minimum Gasteiger partial charge on any atom is -0.492 e. The molecule has 5 N–H and O–H groups in total. The monoisotopic (exact) mass is 392 g/mol. The number of likely N-dealkylation sites (N-methyl/N-ethyl adjacent to an activating group) is 1. The van der Waals surface area contributed by atoms with Gasteiger partial charge in [0.2, 0.25) is 0 Å². The molecule has 0 unspecified atom stereocenters. The van der Waals surface area contributed by atoms with Crippen LogP contribution in [0.1, 0.15) is 6.42 Å². The average Bonchev–Trinajstić information content (AvgIpc) is 2.43. The molecule has 0 spiro atoms. The Kier molecular flexibility index (Phi) is 9.90. The van der Waals surface area contributed by atoms with E-state index in [2.05, 4.69) is 0 Å². The first-order valence-electron chi connectivity index (χ1n) is 6.67. The van der Waals surface area contributed by atoms with Gasteiger partial charge in [-0.3, -0.25) is 9.13 Å². The molecule has 0 heterocycles. The predicted molar refractivity (Wildman–Crippen MR) is 83.1 cm³/mol. The van der Waals surface area contributed by atoms with Crippen molar-refractivity contribution in [2.24, 2.45) is 0 Å². The Bertz CT molecular complexity index is 568. The number of aliphatic hydroxyl groups is 1. The second-order valence-electron chi connectivity index (χ2n) is 5.08. The summed E-state index contributed by atoms with van der Waals surface area (Å²) in [7, 11) is -9.23. The molecule has 1 rings (SSSR count). The Morgan fingerprint density at radius 3 is 2.00 bits per heavy atom. The van der Waals surface area contributed by atoms with Crippen LogP contribution in [-0.4, -0.2) is 61.4 Å². The summed E-state index contributed by atoms with van der Waals surface area (Å²) in [4.78, 5) is 37.7. The van der Waals surface area contributed by atoms with Crippen molar-refractivity contribution < 1.29 is 68.1 Å². The molecule has 0 saturated carbocycles. The van der Waals surface area contributed by atoms with E-state index in [0.717, 1.165) is 0 Å². The Balaban J connectivity index is 0.00000529. The SMILES string of the molecule is CN(CCOc1ccccc1)CCC(O)(P(=O)(O)O)P(=O)(O)O.[Na+]. The van der Waals surface area contributed by atoms with Gasteiger partial charge in [0.15, 0.2) is 0 Å². The third-order valence-corrected chi connectivity index (χ3v) is 7.12. The van der Waals surface area contributed by atoms with Crippen LogP contribution < -0.4 is 34.3 Å². The van der Waals surface area contributed by atoms with Crippen molar-refractivity contribution in [1.82, 2.24) is 4.90 Å². The summed E-state index contributed by atoms with van der Waals surface area (Å²) in [6.45, 7) is 0.475. The van der Waals surface area contributed by atoms with Gasteiger partial charge < -0.3 is 34.3 Å². The van der Waals surface area contributed by atoms with Crippen molar-refractivity contribution in [2.45, 2.75) is 11.5 Å². The van der Waals surface area contributed by atoms with Gasteiger partial charge in [0.05, 0.1) is 0 Å². The normalized spacial score (nSPS) is 12.8. The fraction of sp³-hybridized carbons (Fsp3) is 0.500. The quantitative estimate of drug-likeness (QED) is 0.225. The van der Waals surface area contributed by atoms with Gasteiger partial charge in [0.25, 0.3) is 5.08 Å². The van der Waals surface area contributed by atoms with Crippen LogP contribution in [-0.2, 0) is 9.13 Å². The van der Waals surface area contributed by atoms with E-state index in [1.165, 1.54) is 0 Å². The van der Waals surface area contributed by atoms with Gasteiger partial charge in [-0.2, -0.15) is 0 Å². The number of ether oxygens (including phenoxy) is 1. The minimum absolute atomic E-state index is 0. The van der Waals surface area contributed by atoms with Gasteiger partial charge in [-0.1, -0.05) is 18.2 Å². The maximum Gasteiger partial charge on any atom is 1.00 e. The summed E-state index contributed by atoms with van der Waals surface area (Å²) in [6.07, 6.45) is -0.774. The van der Waals surface area contributed by atoms with Crippen molar-refractivity contribution in [3.05, 3.63) is 30.3 Å². The summed E-state index contributed by atoms with van der Waals surface area (Å²) >= 11 is 0. The summed E-state index contributed by atoms with van der Waals surface area (Å²) in [6, 6.07) is 8.98. The molecule has 0 aliphatic carbocycles. The standard InChI is InChI=1S/C12H21NO8P2.Na/c1-13(9-10-21-11-5-3-2-4-6-11)8-7-12(14,22(15,16)17)23(18,19)20;/h2-6,14H,7-10H2,1H3,(H2,15,16,17)(H2,18,19,20);/q;+1. The van der Waals surface area contributed by atoms with Crippen molar-refractivity contribution in [3.63, 3.8) is 0 Å². The first kappa shape index (κ1) is 24.2. The number of benzene rings is 1. The topological polar surface area (TPSA) is 148 Å². The van der Waals surface area contributed by atoms with Crippen LogP contribution in [0, 0.1) is 0 Å². The molecule has 0 saturated heterocycles. The van der Waals surface area contributed by atoms with Gasteiger partial charge in [-0.25, -0.2) is 0 Å². The van der Waals surface area contributed by atoms with Crippen LogP contribution in [0.5, 0.6) is 5.75 Å². The molecule has 0 fully saturated rings. The van der Waals surface area contributed by atoms with E-state index in [9.17, 15) is 14.2 Å². The van der Waals surface area contributed by atoms with Gasteiger partial charge in [-0.05, 0) is 19.2 Å². The molecule has 0 aliphatic heterocycles. The largest absolute Gasteiger partial charge is 1.00 e. The molecule has 24 heavy (non-hydrogen) atoms. The van der Waals surface area contributed by atoms with Crippen LogP contribution in [0.3, 0.4) is 0 Å². The van der Waals surface area contributed by atoms with Gasteiger partial charge in [0.1, 0.15) is 12.4 Å². The second kappa shape index (κ2) is 9.80. The number of rotatable bonds is 9. The fourth-order valence-corrected chi connectivity index (χ4v) is 3.89. The van der Waals surface area contributed by atoms with Crippen LogP contribution in [0.15, 0.2) is 30.3 Å². The van der Waals surface area contributed by atoms with E-state index in [1.54, 1.807) is 36.2 Å². The maximum absolute atomic E-state index is 11.2. The van der Waals surface area contributed by atoms with Crippen LogP contribution >= 0.6 is 15.2 Å². The Morgan fingerprint density at radius 2 is 1.54 bits per heavy atom. The third-order valence-electron chi connectivity index (χ3n) is 3.25. The average molecular weight is 392 g/mol. The van der Waals surface area contributed by atoms with Gasteiger partial charge in [0, 0.05) is 19.5 Å². The Labute approximate surface area is 162 Å². The fourth-order valence-electron chi connectivity index (χ4n) is 1.75. The van der Waals surface area contributed by atoms with Crippen LogP contribution in [0.2, 0.25) is 0 Å². The van der Waals surface area contributed by atoms with E-state index in [-0.39, 0.29) is 42.7 Å². The molecule has 0 amide bonds. The van der Waals surface area contributed by atoms with Crippen molar-refractivity contribution in [1.29, 1.82) is 0 Å². The molecule has 12 heteroatoms. The summed E-state index contributed by atoms with van der Waals surface area (Å²) in [5.74, 6) is 0.655. The molecule has 0 atom stereocenters. The summed E-state index contributed by atoms with van der Waals surface area (Å²) in [5.41, 5.74) is 0. The van der Waals surface area contributed by atoms with Crippen molar-refractivity contribution in [3.8, 4) is 5.75 Å². The number of hydrogen-bond donors (Lipinski definition) is 5. The number of hydrogen-bond acceptors (Lipinski definition) is 5. The molecule has 0 bridgehead atoms. The summed E-state index contributed by atoms with van der Waals surface area (Å²) < 4.78 is 27.9. The maximum atomic E-state index is 11.2. The molecule has 1 aromatic carbocycles. The van der Waals surface area contributed by atoms with E-state index < -0.39 is 26.7 Å². The van der Waals surface area contributed by atoms with E-state index in [1.807, 2.05) is 6.07 Å².